The summed E-state index contributed by atoms with van der Waals surface area (Å²) >= 11 is 1.24. The van der Waals surface area contributed by atoms with E-state index >= 15 is 0 Å². The fourth-order valence-electron chi connectivity index (χ4n) is 3.29. The smallest absolute Gasteiger partial charge is 0.408 e. The zero-order valence-electron chi connectivity index (χ0n) is 20.8. The van der Waals surface area contributed by atoms with Gasteiger partial charge in [-0.2, -0.15) is 8.42 Å². The molecule has 0 aromatic heterocycles. The highest BCUT2D eigenvalue weighted by atomic mass is 32.2. The van der Waals surface area contributed by atoms with E-state index in [9.17, 15) is 28.1 Å². The summed E-state index contributed by atoms with van der Waals surface area (Å²) < 4.78 is 39.6. The van der Waals surface area contributed by atoms with E-state index in [-0.39, 0.29) is 24.3 Å². The molecule has 13 heteroatoms. The monoisotopic (exact) mass is 574 g/mol. The molecule has 0 bridgehead atoms. The molecule has 0 saturated carbocycles. The van der Waals surface area contributed by atoms with Gasteiger partial charge in [0.05, 0.1) is 22.1 Å². The van der Waals surface area contributed by atoms with E-state index in [0.29, 0.717) is 0 Å². The van der Waals surface area contributed by atoms with E-state index in [4.69, 9.17) is 13.7 Å². The van der Waals surface area contributed by atoms with E-state index in [1.165, 1.54) is 23.9 Å². The Labute approximate surface area is 229 Å². The van der Waals surface area contributed by atoms with Crippen LogP contribution in [0.25, 0.3) is 0 Å². The van der Waals surface area contributed by atoms with Gasteiger partial charge in [-0.1, -0.05) is 48.5 Å². The number of ether oxygens (including phenoxy) is 2. The number of hydrogen-bond acceptors (Lipinski definition) is 10. The summed E-state index contributed by atoms with van der Waals surface area (Å²) in [5.74, 6) is -0.825. The number of carbonyl (C=O) groups is 2. The SMILES string of the molecule is CS(=O)(=O)O[C@@H](COC(=O)c1ccc([N+](=O)[O-])cc1)CC(NC(=O)OCc1ccccc1)Sc1ccccc1. The molecule has 206 valence electrons. The molecule has 3 aromatic carbocycles. The molecule has 11 nitrogen and oxygen atoms in total. The number of carbonyl (C=O) groups excluding carboxylic acids is 2. The number of nitro groups is 1. The highest BCUT2D eigenvalue weighted by Crippen LogP contribution is 2.26. The van der Waals surface area contributed by atoms with Crippen LogP contribution in [0, 0.1) is 10.1 Å². The molecule has 1 amide bonds. The molecular formula is C26H26N2O9S2. The normalized spacial score (nSPS) is 12.6. The molecule has 0 aliphatic heterocycles. The van der Waals surface area contributed by atoms with Gasteiger partial charge in [-0.15, -0.1) is 11.8 Å². The van der Waals surface area contributed by atoms with Gasteiger partial charge >= 0.3 is 12.1 Å². The number of thioether (sulfide) groups is 1. The van der Waals surface area contributed by atoms with Crippen molar-refractivity contribution in [3.05, 3.63) is 106 Å². The Bertz CT molecular complexity index is 1350. The van der Waals surface area contributed by atoms with Crippen molar-refractivity contribution >= 4 is 39.6 Å². The fraction of sp³-hybridized carbons (Fsp3) is 0.231. The number of hydrogen-bond donors (Lipinski definition) is 1. The van der Waals surface area contributed by atoms with Gasteiger partial charge in [-0.3, -0.25) is 14.3 Å². The average Bonchev–Trinajstić information content (AvgIpc) is 2.90. The summed E-state index contributed by atoms with van der Waals surface area (Å²) in [5, 5.41) is 12.8. The van der Waals surface area contributed by atoms with E-state index in [1.54, 1.807) is 12.1 Å². The summed E-state index contributed by atoms with van der Waals surface area (Å²) in [7, 11) is -3.96. The Morgan fingerprint density at radius 1 is 0.949 bits per heavy atom. The van der Waals surface area contributed by atoms with Crippen LogP contribution in [0.2, 0.25) is 0 Å². The molecule has 3 aromatic rings. The van der Waals surface area contributed by atoms with Crippen LogP contribution < -0.4 is 5.32 Å². The Balaban J connectivity index is 1.69. The van der Waals surface area contributed by atoms with Gasteiger partial charge in [0.1, 0.15) is 19.3 Å². The van der Waals surface area contributed by atoms with Crippen molar-refractivity contribution < 1.29 is 36.6 Å². The Hall–Kier alpha value is -3.94. The predicted molar refractivity (Wildman–Crippen MR) is 144 cm³/mol. The van der Waals surface area contributed by atoms with Crippen LogP contribution in [0.1, 0.15) is 22.3 Å². The van der Waals surface area contributed by atoms with E-state index < -0.39 is 45.2 Å². The highest BCUT2D eigenvalue weighted by molar-refractivity contribution is 8.00. The van der Waals surface area contributed by atoms with Crippen molar-refractivity contribution in [2.45, 2.75) is 29.4 Å². The van der Waals surface area contributed by atoms with Gasteiger partial charge in [-0.05, 0) is 29.8 Å². The first-order chi connectivity index (χ1) is 18.6. The first-order valence-electron chi connectivity index (χ1n) is 11.6. The number of nitrogens with one attached hydrogen (secondary N) is 1. The van der Waals surface area contributed by atoms with Crippen molar-refractivity contribution in [1.82, 2.24) is 5.32 Å². The van der Waals surface area contributed by atoms with Gasteiger partial charge < -0.3 is 14.8 Å². The van der Waals surface area contributed by atoms with Crippen molar-refractivity contribution in [1.29, 1.82) is 0 Å². The minimum absolute atomic E-state index is 0.0332. The van der Waals surface area contributed by atoms with Crippen LogP contribution >= 0.6 is 11.8 Å². The topological polar surface area (TPSA) is 151 Å². The second kappa shape index (κ2) is 14.3. The van der Waals surface area contributed by atoms with Crippen LogP contribution in [0.15, 0.2) is 89.8 Å². The molecule has 2 atom stereocenters. The van der Waals surface area contributed by atoms with Crippen LogP contribution in [0.5, 0.6) is 0 Å². The van der Waals surface area contributed by atoms with Crippen LogP contribution in [0.3, 0.4) is 0 Å². The number of esters is 1. The maximum absolute atomic E-state index is 12.6. The van der Waals surface area contributed by atoms with E-state index in [1.807, 2.05) is 48.5 Å². The number of amides is 1. The molecule has 0 spiro atoms. The van der Waals surface area contributed by atoms with E-state index in [2.05, 4.69) is 5.32 Å². The quantitative estimate of drug-likeness (QED) is 0.0770. The van der Waals surface area contributed by atoms with Crippen molar-refractivity contribution in [2.24, 2.45) is 0 Å². The minimum Gasteiger partial charge on any atom is -0.459 e. The second-order valence-corrected chi connectivity index (χ2v) is 11.1. The van der Waals surface area contributed by atoms with Gasteiger partial charge in [0.15, 0.2) is 0 Å². The third kappa shape index (κ3) is 10.8. The summed E-state index contributed by atoms with van der Waals surface area (Å²) in [6, 6.07) is 22.9. The lowest BCUT2D eigenvalue weighted by atomic mass is 10.2. The van der Waals surface area contributed by atoms with Crippen LogP contribution in [0.4, 0.5) is 10.5 Å². The Kier molecular flexibility index (Phi) is 10.8. The van der Waals surface area contributed by atoms with Gasteiger partial charge in [0.2, 0.25) is 0 Å². The largest absolute Gasteiger partial charge is 0.459 e. The third-order valence-corrected chi connectivity index (χ3v) is 6.78. The van der Waals surface area contributed by atoms with Crippen LogP contribution in [-0.4, -0.2) is 49.7 Å². The molecule has 0 aliphatic carbocycles. The lowest BCUT2D eigenvalue weighted by Gasteiger charge is -2.23. The van der Waals surface area contributed by atoms with E-state index in [0.717, 1.165) is 28.8 Å². The third-order valence-electron chi connectivity index (χ3n) is 5.02. The fourth-order valence-corrected chi connectivity index (χ4v) is 5.03. The zero-order valence-corrected chi connectivity index (χ0v) is 22.4. The standard InChI is InChI=1S/C26H26N2O9S2/c1-39(33,34)37-22(18-35-25(29)20-12-14-21(15-13-20)28(31)32)16-24(38-23-10-6-3-7-11-23)27-26(30)36-17-19-8-4-2-5-9-19/h2-15,22,24H,16-18H2,1H3,(H,27,30)/t22-,24?/m1/s1. The number of non-ortho nitro benzene ring substituents is 1. The molecule has 0 aliphatic rings. The molecule has 1 unspecified atom stereocenters. The molecule has 0 fully saturated rings. The van der Waals surface area contributed by atoms with Gasteiger partial charge in [-0.25, -0.2) is 9.59 Å². The molecule has 3 rings (SSSR count). The maximum atomic E-state index is 12.6. The first kappa shape index (κ1) is 29.6. The molecule has 39 heavy (non-hydrogen) atoms. The number of nitro benzene ring substituents is 1. The number of alkyl carbamates (subject to hydrolysis) is 1. The summed E-state index contributed by atoms with van der Waals surface area (Å²) in [6.07, 6.45) is -1.09. The average molecular weight is 575 g/mol. The number of nitrogens with zero attached hydrogens (tertiary/aromatic N) is 1. The first-order valence-corrected chi connectivity index (χ1v) is 14.3. The molecule has 0 heterocycles. The summed E-state index contributed by atoms with van der Waals surface area (Å²) in [4.78, 5) is 36.1. The Morgan fingerprint density at radius 3 is 2.15 bits per heavy atom. The molecule has 1 N–H and O–H groups in total. The summed E-state index contributed by atoms with van der Waals surface area (Å²) in [6.45, 7) is -0.430. The summed E-state index contributed by atoms with van der Waals surface area (Å²) in [5.41, 5.74) is 0.628. The number of benzene rings is 3. The van der Waals surface area contributed by atoms with Crippen molar-refractivity contribution in [3.63, 3.8) is 0 Å². The van der Waals surface area contributed by atoms with Gasteiger partial charge in [0.25, 0.3) is 15.8 Å². The minimum atomic E-state index is -3.96. The zero-order chi connectivity index (χ0) is 28.3. The highest BCUT2D eigenvalue weighted by Gasteiger charge is 2.26. The molecule has 0 saturated heterocycles. The lowest BCUT2D eigenvalue weighted by molar-refractivity contribution is -0.384. The molecule has 0 radical (unpaired) electrons. The molecular weight excluding hydrogens is 548 g/mol. The lowest BCUT2D eigenvalue weighted by Crippen LogP contribution is -2.38. The van der Waals surface area contributed by atoms with Crippen molar-refractivity contribution in [2.75, 3.05) is 12.9 Å². The van der Waals surface area contributed by atoms with Crippen LogP contribution in [-0.2, 0) is 30.4 Å². The van der Waals surface area contributed by atoms with Gasteiger partial charge in [0, 0.05) is 23.4 Å². The van der Waals surface area contributed by atoms with Crippen molar-refractivity contribution in [3.8, 4) is 0 Å². The Morgan fingerprint density at radius 2 is 1.56 bits per heavy atom. The second-order valence-electron chi connectivity index (χ2n) is 8.19. The number of rotatable bonds is 13. The maximum Gasteiger partial charge on any atom is 0.408 e. The predicted octanol–water partition coefficient (Wildman–Crippen LogP) is 4.53.